The smallest absolute Gasteiger partial charge is 0.248 e. The molecule has 1 saturated carbocycles. The molecule has 1 fully saturated rings. The minimum absolute atomic E-state index is 0.0463. The van der Waals surface area contributed by atoms with Gasteiger partial charge in [-0.1, -0.05) is 0 Å². The summed E-state index contributed by atoms with van der Waals surface area (Å²) in [6.07, 6.45) is 4.09. The molecule has 1 aromatic heterocycles. The summed E-state index contributed by atoms with van der Waals surface area (Å²) >= 11 is 5.59. The van der Waals surface area contributed by atoms with Gasteiger partial charge in [0, 0.05) is 31.1 Å². The van der Waals surface area contributed by atoms with Gasteiger partial charge in [0.1, 0.15) is 5.76 Å². The van der Waals surface area contributed by atoms with Gasteiger partial charge in [-0.05, 0) is 19.3 Å². The lowest BCUT2D eigenvalue weighted by Crippen LogP contribution is -2.23. The number of aryl methyl sites for hydroxylation is 1. The van der Waals surface area contributed by atoms with Crippen LogP contribution in [0.4, 0.5) is 8.78 Å². The zero-order valence-corrected chi connectivity index (χ0v) is 10.3. The van der Waals surface area contributed by atoms with Crippen molar-refractivity contribution in [3.05, 3.63) is 17.8 Å². The Labute approximate surface area is 104 Å². The molecule has 0 N–H and O–H groups in total. The largest absolute Gasteiger partial charge is 0.445 e. The Morgan fingerprint density at radius 1 is 1.41 bits per heavy atom. The van der Waals surface area contributed by atoms with E-state index < -0.39 is 5.92 Å². The van der Waals surface area contributed by atoms with E-state index in [9.17, 15) is 8.78 Å². The molecule has 1 aliphatic rings. The molecular weight excluding hydrogens is 248 g/mol. The predicted octanol–water partition coefficient (Wildman–Crippen LogP) is 4.14. The normalized spacial score (nSPS) is 20.6. The third-order valence-electron chi connectivity index (χ3n) is 3.22. The molecular formula is C12H16ClF2NO. The SMILES string of the molecule is FC1(F)CCC(c2cnc(CCCCl)o2)CC1. The van der Waals surface area contributed by atoms with Crippen LogP contribution in [-0.4, -0.2) is 16.8 Å². The molecule has 0 atom stereocenters. The molecule has 96 valence electrons. The maximum atomic E-state index is 13.0. The Kier molecular flexibility index (Phi) is 4.02. The number of hydrogen-bond donors (Lipinski definition) is 0. The molecule has 1 aliphatic carbocycles. The van der Waals surface area contributed by atoms with Crippen molar-refractivity contribution < 1.29 is 13.2 Å². The van der Waals surface area contributed by atoms with Gasteiger partial charge in [0.25, 0.3) is 0 Å². The van der Waals surface area contributed by atoms with Crippen LogP contribution >= 0.6 is 11.6 Å². The van der Waals surface area contributed by atoms with Gasteiger partial charge in [0.15, 0.2) is 5.89 Å². The van der Waals surface area contributed by atoms with E-state index >= 15 is 0 Å². The van der Waals surface area contributed by atoms with E-state index in [1.54, 1.807) is 6.20 Å². The van der Waals surface area contributed by atoms with Crippen LogP contribution in [-0.2, 0) is 6.42 Å². The summed E-state index contributed by atoms with van der Waals surface area (Å²) in [6.45, 7) is 0. The molecule has 0 bridgehead atoms. The Hall–Kier alpha value is -0.640. The van der Waals surface area contributed by atoms with Gasteiger partial charge in [0.2, 0.25) is 5.92 Å². The summed E-state index contributed by atoms with van der Waals surface area (Å²) in [5.41, 5.74) is 0. The molecule has 0 radical (unpaired) electrons. The van der Waals surface area contributed by atoms with Crippen LogP contribution in [0.3, 0.4) is 0 Å². The number of oxazole rings is 1. The summed E-state index contributed by atoms with van der Waals surface area (Å²) in [5, 5.41) is 0. The first-order chi connectivity index (χ1) is 8.11. The van der Waals surface area contributed by atoms with Crippen LogP contribution in [0.5, 0.6) is 0 Å². The van der Waals surface area contributed by atoms with Crippen LogP contribution in [0.25, 0.3) is 0 Å². The number of alkyl halides is 3. The summed E-state index contributed by atoms with van der Waals surface area (Å²) in [6, 6.07) is 0. The fourth-order valence-corrected chi connectivity index (χ4v) is 2.31. The monoisotopic (exact) mass is 263 g/mol. The minimum atomic E-state index is -2.49. The van der Waals surface area contributed by atoms with Crippen molar-refractivity contribution in [2.75, 3.05) is 5.88 Å². The average Bonchev–Trinajstić information content (AvgIpc) is 2.75. The third kappa shape index (κ3) is 3.41. The van der Waals surface area contributed by atoms with Crippen molar-refractivity contribution in [3.8, 4) is 0 Å². The van der Waals surface area contributed by atoms with Crippen molar-refractivity contribution in [1.82, 2.24) is 4.98 Å². The molecule has 0 unspecified atom stereocenters. The maximum absolute atomic E-state index is 13.0. The second-order valence-electron chi connectivity index (χ2n) is 4.58. The summed E-state index contributed by atoms with van der Waals surface area (Å²) in [7, 11) is 0. The first-order valence-electron chi connectivity index (χ1n) is 5.99. The van der Waals surface area contributed by atoms with E-state index in [0.717, 1.165) is 12.2 Å². The standard InChI is InChI=1S/C12H16ClF2NO/c13-7-1-2-11-16-8-10(17-11)9-3-5-12(14,15)6-4-9/h8-9H,1-7H2. The highest BCUT2D eigenvalue weighted by atomic mass is 35.5. The lowest BCUT2D eigenvalue weighted by Gasteiger charge is -2.26. The molecule has 0 aliphatic heterocycles. The molecule has 5 heteroatoms. The van der Waals surface area contributed by atoms with E-state index in [1.165, 1.54) is 0 Å². The first-order valence-corrected chi connectivity index (χ1v) is 6.52. The fourth-order valence-electron chi connectivity index (χ4n) is 2.17. The van der Waals surface area contributed by atoms with Gasteiger partial charge in [-0.2, -0.15) is 0 Å². The topological polar surface area (TPSA) is 26.0 Å². The number of aromatic nitrogens is 1. The van der Waals surface area contributed by atoms with Crippen LogP contribution < -0.4 is 0 Å². The summed E-state index contributed by atoms with van der Waals surface area (Å²) in [5.74, 6) is -0.388. The lowest BCUT2D eigenvalue weighted by molar-refractivity contribution is -0.0395. The van der Waals surface area contributed by atoms with Crippen molar-refractivity contribution in [2.24, 2.45) is 0 Å². The zero-order valence-electron chi connectivity index (χ0n) is 9.59. The molecule has 0 aromatic carbocycles. The number of hydrogen-bond acceptors (Lipinski definition) is 2. The van der Waals surface area contributed by atoms with Gasteiger partial charge in [-0.25, -0.2) is 13.8 Å². The Morgan fingerprint density at radius 2 is 2.12 bits per heavy atom. The van der Waals surface area contributed by atoms with Crippen molar-refractivity contribution in [3.63, 3.8) is 0 Å². The number of halogens is 3. The highest BCUT2D eigenvalue weighted by molar-refractivity contribution is 6.17. The summed E-state index contributed by atoms with van der Waals surface area (Å²) < 4.78 is 31.6. The van der Waals surface area contributed by atoms with Gasteiger partial charge in [-0.3, -0.25) is 0 Å². The Morgan fingerprint density at radius 3 is 2.76 bits per heavy atom. The van der Waals surface area contributed by atoms with Gasteiger partial charge in [-0.15, -0.1) is 11.6 Å². The predicted molar refractivity (Wildman–Crippen MR) is 61.7 cm³/mol. The van der Waals surface area contributed by atoms with Gasteiger partial charge >= 0.3 is 0 Å². The van der Waals surface area contributed by atoms with Crippen molar-refractivity contribution in [2.45, 2.75) is 50.4 Å². The first kappa shape index (κ1) is 12.8. The second kappa shape index (κ2) is 5.34. The van der Waals surface area contributed by atoms with Gasteiger partial charge < -0.3 is 4.42 Å². The van der Waals surface area contributed by atoms with Crippen molar-refractivity contribution in [1.29, 1.82) is 0 Å². The van der Waals surface area contributed by atoms with Crippen LogP contribution in [0.1, 0.15) is 49.7 Å². The summed E-state index contributed by atoms with van der Waals surface area (Å²) in [4.78, 5) is 4.15. The van der Waals surface area contributed by atoms with Gasteiger partial charge in [0.05, 0.1) is 6.20 Å². The zero-order chi connectivity index (χ0) is 12.3. The van der Waals surface area contributed by atoms with Crippen LogP contribution in [0.15, 0.2) is 10.6 Å². The lowest BCUT2D eigenvalue weighted by atomic mass is 9.85. The van der Waals surface area contributed by atoms with E-state index in [2.05, 4.69) is 4.98 Å². The number of rotatable bonds is 4. The molecule has 0 amide bonds. The maximum Gasteiger partial charge on any atom is 0.248 e. The molecule has 2 nitrogen and oxygen atoms in total. The highest BCUT2D eigenvalue weighted by Gasteiger charge is 2.36. The quantitative estimate of drug-likeness (QED) is 0.763. The van der Waals surface area contributed by atoms with Crippen LogP contribution in [0.2, 0.25) is 0 Å². The molecule has 0 spiro atoms. The fraction of sp³-hybridized carbons (Fsp3) is 0.750. The molecule has 2 rings (SSSR count). The Bertz CT molecular complexity index is 357. The average molecular weight is 264 g/mol. The Balaban J connectivity index is 1.92. The molecule has 17 heavy (non-hydrogen) atoms. The van der Waals surface area contributed by atoms with E-state index in [4.69, 9.17) is 16.0 Å². The van der Waals surface area contributed by atoms with Crippen molar-refractivity contribution >= 4 is 11.6 Å². The van der Waals surface area contributed by atoms with Crippen LogP contribution in [0, 0.1) is 0 Å². The minimum Gasteiger partial charge on any atom is -0.445 e. The highest BCUT2D eigenvalue weighted by Crippen LogP contribution is 2.40. The molecule has 1 heterocycles. The molecule has 1 aromatic rings. The second-order valence-corrected chi connectivity index (χ2v) is 4.96. The van der Waals surface area contributed by atoms with E-state index in [1.807, 2.05) is 0 Å². The third-order valence-corrected chi connectivity index (χ3v) is 3.48. The molecule has 0 saturated heterocycles. The van der Waals surface area contributed by atoms with E-state index in [0.29, 0.717) is 31.0 Å². The number of nitrogens with zero attached hydrogens (tertiary/aromatic N) is 1. The van der Waals surface area contributed by atoms with E-state index in [-0.39, 0.29) is 18.8 Å².